The van der Waals surface area contributed by atoms with Gasteiger partial charge in [0, 0.05) is 30.9 Å². The van der Waals surface area contributed by atoms with Crippen LogP contribution < -0.4 is 5.32 Å². The SMILES string of the molecule is N#CN1C[C@H]2CC[C@@H](C1)C2Nc1nc2c(-c3ccc(F)c(C(F)(F)F)c3)cccn2n1. The topological polar surface area (TPSA) is 69.2 Å². The number of aromatic nitrogens is 3. The average Bonchev–Trinajstić information content (AvgIpc) is 3.24. The lowest BCUT2D eigenvalue weighted by atomic mass is 9.92. The molecule has 2 aliphatic rings. The number of nitrogens with one attached hydrogen (secondary N) is 1. The van der Waals surface area contributed by atoms with Gasteiger partial charge in [-0.25, -0.2) is 8.91 Å². The Morgan fingerprint density at radius 1 is 1.13 bits per heavy atom. The highest BCUT2D eigenvalue weighted by atomic mass is 19.4. The van der Waals surface area contributed by atoms with E-state index in [1.165, 1.54) is 10.6 Å². The molecule has 10 heteroatoms. The third-order valence-corrected chi connectivity index (χ3v) is 6.22. The summed E-state index contributed by atoms with van der Waals surface area (Å²) in [6, 6.07) is 6.36. The number of piperidine rings is 1. The summed E-state index contributed by atoms with van der Waals surface area (Å²) in [7, 11) is 0. The molecule has 0 spiro atoms. The highest BCUT2D eigenvalue weighted by molar-refractivity contribution is 5.78. The molecular weight excluding hydrogens is 412 g/mol. The van der Waals surface area contributed by atoms with Gasteiger partial charge in [-0.2, -0.15) is 23.4 Å². The number of halogens is 4. The normalized spacial score (nSPS) is 23.2. The fourth-order valence-electron chi connectivity index (χ4n) is 4.79. The summed E-state index contributed by atoms with van der Waals surface area (Å²) in [5.41, 5.74) is -0.297. The van der Waals surface area contributed by atoms with Gasteiger partial charge < -0.3 is 10.2 Å². The Morgan fingerprint density at radius 3 is 2.55 bits per heavy atom. The van der Waals surface area contributed by atoms with Crippen molar-refractivity contribution >= 4 is 11.6 Å². The predicted octanol–water partition coefficient (Wildman–Crippen LogP) is 4.16. The molecule has 1 aliphatic heterocycles. The number of fused-ring (bicyclic) bond motifs is 3. The number of hydrogen-bond donors (Lipinski definition) is 1. The second-order valence-corrected chi connectivity index (χ2v) is 8.09. The highest BCUT2D eigenvalue weighted by Crippen LogP contribution is 2.39. The summed E-state index contributed by atoms with van der Waals surface area (Å²) in [5.74, 6) is -0.295. The van der Waals surface area contributed by atoms with Crippen LogP contribution in [0.25, 0.3) is 16.8 Å². The molecule has 2 fully saturated rings. The lowest BCUT2D eigenvalue weighted by Crippen LogP contribution is -2.46. The molecule has 0 radical (unpaired) electrons. The number of pyridine rings is 1. The number of hydrogen-bond acceptors (Lipinski definition) is 5. The van der Waals surface area contributed by atoms with E-state index in [-0.39, 0.29) is 11.6 Å². The molecule has 6 nitrogen and oxygen atoms in total. The van der Waals surface area contributed by atoms with Crippen molar-refractivity contribution in [3.05, 3.63) is 47.9 Å². The van der Waals surface area contributed by atoms with Crippen LogP contribution in [0, 0.1) is 29.1 Å². The number of nitriles is 1. The molecule has 1 saturated heterocycles. The fraction of sp³-hybridized carbons (Fsp3) is 0.381. The van der Waals surface area contributed by atoms with Gasteiger partial charge in [0.2, 0.25) is 5.95 Å². The summed E-state index contributed by atoms with van der Waals surface area (Å²) in [4.78, 5) is 6.30. The van der Waals surface area contributed by atoms with Crippen molar-refractivity contribution in [3.63, 3.8) is 0 Å². The van der Waals surface area contributed by atoms with Crippen LogP contribution in [0.1, 0.15) is 18.4 Å². The third kappa shape index (κ3) is 3.44. The maximum absolute atomic E-state index is 13.7. The number of alkyl halides is 3. The number of likely N-dealkylation sites (tertiary alicyclic amines) is 1. The van der Waals surface area contributed by atoms with Crippen LogP contribution in [-0.4, -0.2) is 38.6 Å². The van der Waals surface area contributed by atoms with E-state index in [2.05, 4.69) is 21.6 Å². The fourth-order valence-corrected chi connectivity index (χ4v) is 4.79. The molecule has 5 rings (SSSR count). The standard InChI is InChI=1S/C21H18F4N6/c22-17-6-5-12(8-16(17)21(23,24)25)15-2-1-7-31-19(15)28-20(29-31)27-18-13-3-4-14(18)10-30(9-13)11-26/h1-2,5-8,13-14,18H,3-4,9-10H2,(H,27,29)/t13-,14+,18?. The molecule has 1 aliphatic carbocycles. The Balaban J connectivity index is 1.48. The minimum Gasteiger partial charge on any atom is -0.349 e. The molecular formula is C21H18F4N6. The molecule has 3 atom stereocenters. The Hall–Kier alpha value is -3.35. The molecule has 2 bridgehead atoms. The van der Waals surface area contributed by atoms with Crippen molar-refractivity contribution in [1.82, 2.24) is 19.5 Å². The van der Waals surface area contributed by atoms with Gasteiger partial charge >= 0.3 is 6.18 Å². The maximum atomic E-state index is 13.7. The number of benzene rings is 1. The average molecular weight is 430 g/mol. The van der Waals surface area contributed by atoms with Crippen molar-refractivity contribution < 1.29 is 17.6 Å². The molecule has 3 aromatic rings. The monoisotopic (exact) mass is 430 g/mol. The lowest BCUT2D eigenvalue weighted by molar-refractivity contribution is -0.139. The molecule has 1 aromatic carbocycles. The molecule has 3 heterocycles. The van der Waals surface area contributed by atoms with Crippen LogP contribution in [0.5, 0.6) is 0 Å². The summed E-state index contributed by atoms with van der Waals surface area (Å²) in [5, 5.41) is 17.0. The second-order valence-electron chi connectivity index (χ2n) is 8.09. The van der Waals surface area contributed by atoms with Gasteiger partial charge in [-0.3, -0.25) is 0 Å². The molecule has 1 unspecified atom stereocenters. The van der Waals surface area contributed by atoms with Crippen LogP contribution in [0.15, 0.2) is 36.5 Å². The molecule has 0 amide bonds. The third-order valence-electron chi connectivity index (χ3n) is 6.22. The Bertz CT molecular complexity index is 1170. The maximum Gasteiger partial charge on any atom is 0.419 e. The van der Waals surface area contributed by atoms with Crippen LogP contribution >= 0.6 is 0 Å². The molecule has 31 heavy (non-hydrogen) atoms. The molecule has 1 saturated carbocycles. The Morgan fingerprint density at radius 2 is 1.87 bits per heavy atom. The van der Waals surface area contributed by atoms with Gasteiger partial charge in [0.1, 0.15) is 5.82 Å². The van der Waals surface area contributed by atoms with Crippen LogP contribution in [0.4, 0.5) is 23.5 Å². The van der Waals surface area contributed by atoms with Gasteiger partial charge in [-0.05, 0) is 54.5 Å². The van der Waals surface area contributed by atoms with E-state index in [9.17, 15) is 22.8 Å². The first-order chi connectivity index (χ1) is 14.8. The largest absolute Gasteiger partial charge is 0.419 e. The first-order valence-electron chi connectivity index (χ1n) is 9.97. The Kier molecular flexibility index (Phi) is 4.50. The van der Waals surface area contributed by atoms with Gasteiger partial charge in [0.25, 0.3) is 0 Å². The van der Waals surface area contributed by atoms with Crippen molar-refractivity contribution in [1.29, 1.82) is 5.26 Å². The zero-order valence-corrected chi connectivity index (χ0v) is 16.3. The van der Waals surface area contributed by atoms with Gasteiger partial charge in [0.15, 0.2) is 11.8 Å². The van der Waals surface area contributed by atoms with E-state index in [1.807, 2.05) is 0 Å². The molecule has 1 N–H and O–H groups in total. The van der Waals surface area contributed by atoms with Gasteiger partial charge in [0.05, 0.1) is 5.56 Å². The summed E-state index contributed by atoms with van der Waals surface area (Å²) < 4.78 is 54.7. The van der Waals surface area contributed by atoms with Gasteiger partial charge in [-0.15, -0.1) is 5.10 Å². The second kappa shape index (κ2) is 7.11. The van der Waals surface area contributed by atoms with E-state index < -0.39 is 17.6 Å². The zero-order chi connectivity index (χ0) is 21.8. The zero-order valence-electron chi connectivity index (χ0n) is 16.3. The van der Waals surface area contributed by atoms with Crippen LogP contribution in [-0.2, 0) is 6.18 Å². The molecule has 2 aromatic heterocycles. The number of anilines is 1. The van der Waals surface area contributed by atoms with E-state index in [0.29, 0.717) is 42.1 Å². The summed E-state index contributed by atoms with van der Waals surface area (Å²) in [6.45, 7) is 1.39. The predicted molar refractivity (Wildman–Crippen MR) is 104 cm³/mol. The smallest absolute Gasteiger partial charge is 0.349 e. The van der Waals surface area contributed by atoms with Crippen molar-refractivity contribution in [3.8, 4) is 17.3 Å². The highest BCUT2D eigenvalue weighted by Gasteiger charge is 2.42. The summed E-state index contributed by atoms with van der Waals surface area (Å²) in [6.07, 6.45) is 1.14. The Labute approximate surface area is 175 Å². The van der Waals surface area contributed by atoms with Crippen molar-refractivity contribution in [2.75, 3.05) is 18.4 Å². The van der Waals surface area contributed by atoms with Crippen LogP contribution in [0.3, 0.4) is 0 Å². The van der Waals surface area contributed by atoms with E-state index in [0.717, 1.165) is 25.0 Å². The van der Waals surface area contributed by atoms with Crippen LogP contribution in [0.2, 0.25) is 0 Å². The molecule has 160 valence electrons. The van der Waals surface area contributed by atoms with Crippen molar-refractivity contribution in [2.24, 2.45) is 11.8 Å². The first kappa shape index (κ1) is 19.6. The van der Waals surface area contributed by atoms with E-state index in [4.69, 9.17) is 0 Å². The number of rotatable bonds is 3. The quantitative estimate of drug-likeness (QED) is 0.499. The minimum absolute atomic E-state index is 0.146. The van der Waals surface area contributed by atoms with E-state index in [1.54, 1.807) is 23.2 Å². The van der Waals surface area contributed by atoms with Crippen molar-refractivity contribution in [2.45, 2.75) is 25.1 Å². The number of nitrogens with zero attached hydrogens (tertiary/aromatic N) is 5. The first-order valence-corrected chi connectivity index (χ1v) is 9.97. The van der Waals surface area contributed by atoms with Gasteiger partial charge in [-0.1, -0.05) is 6.07 Å². The summed E-state index contributed by atoms with van der Waals surface area (Å²) >= 11 is 0. The minimum atomic E-state index is -4.79. The van der Waals surface area contributed by atoms with E-state index >= 15 is 0 Å². The lowest BCUT2D eigenvalue weighted by Gasteiger charge is -2.35.